The molecule has 1 rings (SSSR count). The zero-order chi connectivity index (χ0) is 14.8. The molecule has 1 aromatic rings. The molecule has 1 N–H and O–H groups in total. The van der Waals surface area contributed by atoms with Crippen LogP contribution in [0, 0.1) is 0 Å². The second kappa shape index (κ2) is 9.09. The number of aromatic nitrogens is 1. The Kier molecular flexibility index (Phi) is 7.78. The van der Waals surface area contributed by atoms with Crippen molar-refractivity contribution in [2.24, 2.45) is 0 Å². The Bertz CT molecular complexity index is 349. The Morgan fingerprint density at radius 2 is 1.95 bits per heavy atom. The van der Waals surface area contributed by atoms with Crippen LogP contribution in [-0.4, -0.2) is 29.8 Å². The summed E-state index contributed by atoms with van der Waals surface area (Å²) in [4.78, 5) is 4.47. The van der Waals surface area contributed by atoms with Crippen molar-refractivity contribution in [2.45, 2.75) is 65.0 Å². The number of nitrogens with one attached hydrogen (secondary N) is 1. The molecular formula is C17H30N2O. The first-order chi connectivity index (χ1) is 9.72. The third-order valence-corrected chi connectivity index (χ3v) is 4.04. The number of rotatable bonds is 10. The molecule has 0 fully saturated rings. The van der Waals surface area contributed by atoms with Crippen molar-refractivity contribution in [2.75, 3.05) is 13.2 Å². The predicted octanol–water partition coefficient (Wildman–Crippen LogP) is 3.59. The highest BCUT2D eigenvalue weighted by atomic mass is 16.5. The van der Waals surface area contributed by atoms with Crippen molar-refractivity contribution < 1.29 is 4.74 Å². The zero-order valence-electron chi connectivity index (χ0n) is 13.5. The van der Waals surface area contributed by atoms with Gasteiger partial charge in [0.2, 0.25) is 0 Å². The highest BCUT2D eigenvalue weighted by Gasteiger charge is 2.36. The SMILES string of the molecule is CCCNC(Cc1ccccn1)C(CC)(CC)OCC. The molecule has 0 aliphatic rings. The van der Waals surface area contributed by atoms with Gasteiger partial charge in [-0.3, -0.25) is 4.98 Å². The Morgan fingerprint density at radius 1 is 1.20 bits per heavy atom. The molecule has 0 radical (unpaired) electrons. The van der Waals surface area contributed by atoms with E-state index in [0.717, 1.165) is 44.5 Å². The lowest BCUT2D eigenvalue weighted by Crippen LogP contribution is -2.53. The Hall–Kier alpha value is -0.930. The van der Waals surface area contributed by atoms with E-state index in [1.165, 1.54) is 0 Å². The lowest BCUT2D eigenvalue weighted by molar-refractivity contribution is -0.0720. The van der Waals surface area contributed by atoms with Gasteiger partial charge in [-0.15, -0.1) is 0 Å². The van der Waals surface area contributed by atoms with Crippen molar-refractivity contribution >= 4 is 0 Å². The number of hydrogen-bond acceptors (Lipinski definition) is 3. The molecule has 1 unspecified atom stereocenters. The number of nitrogens with zero attached hydrogens (tertiary/aromatic N) is 1. The number of pyridine rings is 1. The minimum absolute atomic E-state index is 0.0958. The van der Waals surface area contributed by atoms with Crippen LogP contribution < -0.4 is 5.32 Å². The maximum atomic E-state index is 6.17. The van der Waals surface area contributed by atoms with E-state index in [9.17, 15) is 0 Å². The molecule has 1 aromatic heterocycles. The second-order valence-electron chi connectivity index (χ2n) is 5.24. The minimum Gasteiger partial charge on any atom is -0.374 e. The molecule has 20 heavy (non-hydrogen) atoms. The van der Waals surface area contributed by atoms with Crippen molar-refractivity contribution in [1.29, 1.82) is 0 Å². The molecular weight excluding hydrogens is 248 g/mol. The fourth-order valence-corrected chi connectivity index (χ4v) is 2.83. The summed E-state index contributed by atoms with van der Waals surface area (Å²) >= 11 is 0. The van der Waals surface area contributed by atoms with E-state index in [4.69, 9.17) is 4.74 Å². The fourth-order valence-electron chi connectivity index (χ4n) is 2.83. The van der Waals surface area contributed by atoms with Crippen LogP contribution in [0.1, 0.15) is 52.7 Å². The lowest BCUT2D eigenvalue weighted by atomic mass is 9.85. The van der Waals surface area contributed by atoms with Crippen LogP contribution in [0.2, 0.25) is 0 Å². The maximum absolute atomic E-state index is 6.17. The molecule has 114 valence electrons. The summed E-state index contributed by atoms with van der Waals surface area (Å²) in [7, 11) is 0. The first-order valence-electron chi connectivity index (χ1n) is 7.99. The summed E-state index contributed by atoms with van der Waals surface area (Å²) in [6.45, 7) is 10.5. The summed E-state index contributed by atoms with van der Waals surface area (Å²) < 4.78 is 6.17. The van der Waals surface area contributed by atoms with Gasteiger partial charge in [0.1, 0.15) is 0 Å². The van der Waals surface area contributed by atoms with Gasteiger partial charge in [0.05, 0.1) is 5.60 Å². The highest BCUT2D eigenvalue weighted by Crippen LogP contribution is 2.27. The molecule has 0 aliphatic carbocycles. The van der Waals surface area contributed by atoms with Crippen molar-refractivity contribution in [3.8, 4) is 0 Å². The van der Waals surface area contributed by atoms with Crippen molar-refractivity contribution in [3.05, 3.63) is 30.1 Å². The third-order valence-electron chi connectivity index (χ3n) is 4.04. The monoisotopic (exact) mass is 278 g/mol. The fraction of sp³-hybridized carbons (Fsp3) is 0.706. The summed E-state index contributed by atoms with van der Waals surface area (Å²) in [6.07, 6.45) is 5.96. The summed E-state index contributed by atoms with van der Waals surface area (Å²) in [6, 6.07) is 6.43. The molecule has 0 bridgehead atoms. The van der Waals surface area contributed by atoms with Crippen LogP contribution in [0.5, 0.6) is 0 Å². The van der Waals surface area contributed by atoms with Gasteiger partial charge in [0, 0.05) is 31.0 Å². The van der Waals surface area contributed by atoms with E-state index in [2.05, 4.69) is 50.1 Å². The smallest absolute Gasteiger partial charge is 0.0833 e. The molecule has 0 aromatic carbocycles. The van der Waals surface area contributed by atoms with Gasteiger partial charge >= 0.3 is 0 Å². The largest absolute Gasteiger partial charge is 0.374 e. The first kappa shape index (κ1) is 17.1. The second-order valence-corrected chi connectivity index (χ2v) is 5.24. The number of hydrogen-bond donors (Lipinski definition) is 1. The predicted molar refractivity (Wildman–Crippen MR) is 85.0 cm³/mol. The van der Waals surface area contributed by atoms with E-state index in [1.807, 2.05) is 12.3 Å². The van der Waals surface area contributed by atoms with Crippen LogP contribution in [0.4, 0.5) is 0 Å². The van der Waals surface area contributed by atoms with Crippen LogP contribution in [0.25, 0.3) is 0 Å². The Balaban J connectivity index is 2.90. The van der Waals surface area contributed by atoms with E-state index in [0.29, 0.717) is 6.04 Å². The molecule has 0 saturated heterocycles. The summed E-state index contributed by atoms with van der Waals surface area (Å²) in [5.74, 6) is 0. The van der Waals surface area contributed by atoms with E-state index in [-0.39, 0.29) is 5.60 Å². The van der Waals surface area contributed by atoms with Crippen LogP contribution >= 0.6 is 0 Å². The average molecular weight is 278 g/mol. The molecule has 3 heteroatoms. The summed E-state index contributed by atoms with van der Waals surface area (Å²) in [5, 5.41) is 3.68. The van der Waals surface area contributed by atoms with Crippen molar-refractivity contribution in [3.63, 3.8) is 0 Å². The van der Waals surface area contributed by atoms with Crippen LogP contribution in [0.15, 0.2) is 24.4 Å². The normalized spacial score (nSPS) is 13.4. The van der Waals surface area contributed by atoms with Crippen LogP contribution in [0.3, 0.4) is 0 Å². The maximum Gasteiger partial charge on any atom is 0.0833 e. The van der Waals surface area contributed by atoms with Gasteiger partial charge in [-0.1, -0.05) is 26.8 Å². The molecule has 0 spiro atoms. The van der Waals surface area contributed by atoms with Gasteiger partial charge in [-0.05, 0) is 44.9 Å². The minimum atomic E-state index is -0.0958. The Morgan fingerprint density at radius 3 is 2.45 bits per heavy atom. The van der Waals surface area contributed by atoms with E-state index >= 15 is 0 Å². The van der Waals surface area contributed by atoms with Gasteiger partial charge in [0.25, 0.3) is 0 Å². The van der Waals surface area contributed by atoms with Crippen molar-refractivity contribution in [1.82, 2.24) is 10.3 Å². The van der Waals surface area contributed by atoms with Gasteiger partial charge in [-0.25, -0.2) is 0 Å². The summed E-state index contributed by atoms with van der Waals surface area (Å²) in [5.41, 5.74) is 1.04. The molecule has 0 aliphatic heterocycles. The molecule has 0 amide bonds. The van der Waals surface area contributed by atoms with E-state index in [1.54, 1.807) is 0 Å². The highest BCUT2D eigenvalue weighted by molar-refractivity contribution is 5.08. The molecule has 1 heterocycles. The quantitative estimate of drug-likeness (QED) is 0.710. The van der Waals surface area contributed by atoms with Crippen LogP contribution in [-0.2, 0) is 11.2 Å². The van der Waals surface area contributed by atoms with E-state index < -0.39 is 0 Å². The lowest BCUT2D eigenvalue weighted by Gasteiger charge is -2.40. The molecule has 3 nitrogen and oxygen atoms in total. The topological polar surface area (TPSA) is 34.2 Å². The molecule has 0 saturated carbocycles. The zero-order valence-corrected chi connectivity index (χ0v) is 13.5. The average Bonchev–Trinajstić information content (AvgIpc) is 2.50. The van der Waals surface area contributed by atoms with Gasteiger partial charge in [0.15, 0.2) is 0 Å². The first-order valence-corrected chi connectivity index (χ1v) is 7.99. The molecule has 1 atom stereocenters. The standard InChI is InChI=1S/C17H30N2O/c1-5-12-19-16(14-15-11-9-10-13-18-15)17(6-2,7-3)20-8-4/h9-11,13,16,19H,5-8,12,14H2,1-4H3. The van der Waals surface area contributed by atoms with Gasteiger partial charge in [-0.2, -0.15) is 0 Å². The third kappa shape index (κ3) is 4.57. The number of ether oxygens (including phenoxy) is 1. The van der Waals surface area contributed by atoms with Gasteiger partial charge < -0.3 is 10.1 Å². The Labute approximate surface area is 124 Å².